The highest BCUT2D eigenvalue weighted by molar-refractivity contribution is 5.73. The van der Waals surface area contributed by atoms with Crippen LogP contribution in [0, 0.1) is 11.8 Å². The Labute approximate surface area is 173 Å². The second kappa shape index (κ2) is 9.59. The molecule has 1 saturated heterocycles. The highest BCUT2D eigenvalue weighted by atomic mass is 16.6. The molecule has 0 saturated carbocycles. The molecule has 2 aromatic rings. The molecule has 2 aromatic heterocycles. The first kappa shape index (κ1) is 21.6. The van der Waals surface area contributed by atoms with E-state index in [2.05, 4.69) is 23.7 Å². The van der Waals surface area contributed by atoms with Gasteiger partial charge in [-0.15, -0.1) is 0 Å². The van der Waals surface area contributed by atoms with E-state index in [-0.39, 0.29) is 18.7 Å². The Kier molecular flexibility index (Phi) is 6.90. The number of carbonyl (C=O) groups excluding carboxylic acids is 2. The van der Waals surface area contributed by atoms with Crippen LogP contribution in [0.2, 0.25) is 0 Å². The molecule has 0 unspecified atom stereocenters. The number of furan rings is 1. The fourth-order valence-electron chi connectivity index (χ4n) is 3.17. The quantitative estimate of drug-likeness (QED) is 0.401. The summed E-state index contributed by atoms with van der Waals surface area (Å²) in [5.41, 5.74) is -0.371. The lowest BCUT2D eigenvalue weighted by molar-refractivity contribution is -0.155. The van der Waals surface area contributed by atoms with Gasteiger partial charge in [-0.2, -0.15) is 4.98 Å². The highest BCUT2D eigenvalue weighted by Crippen LogP contribution is 2.31. The summed E-state index contributed by atoms with van der Waals surface area (Å²) >= 11 is 0. The van der Waals surface area contributed by atoms with Gasteiger partial charge in [0.1, 0.15) is 25.0 Å². The normalized spacial score (nSPS) is 20.6. The van der Waals surface area contributed by atoms with Crippen molar-refractivity contribution in [3.8, 4) is 11.8 Å². The first-order valence-corrected chi connectivity index (χ1v) is 9.85. The van der Waals surface area contributed by atoms with Gasteiger partial charge in [-0.25, -0.2) is 4.79 Å². The molecule has 0 amide bonds. The summed E-state index contributed by atoms with van der Waals surface area (Å²) in [7, 11) is 0. The molecular weight excluding hydrogens is 392 g/mol. The average molecular weight is 416 g/mol. The molecule has 30 heavy (non-hydrogen) atoms. The zero-order chi connectivity index (χ0) is 21.7. The minimum atomic E-state index is -0.728. The predicted octanol–water partition coefficient (Wildman–Crippen LogP) is 2.31. The summed E-state index contributed by atoms with van der Waals surface area (Å²) in [6, 6.07) is 1.71. The number of aromatic nitrogens is 2. The Bertz CT molecular complexity index is 1040. The van der Waals surface area contributed by atoms with Crippen LogP contribution in [0.1, 0.15) is 58.4 Å². The van der Waals surface area contributed by atoms with Gasteiger partial charge < -0.3 is 18.6 Å². The molecule has 0 bridgehead atoms. The minimum Gasteiger partial charge on any atom is -0.463 e. The van der Waals surface area contributed by atoms with Crippen molar-refractivity contribution in [3.63, 3.8) is 0 Å². The number of nitrogens with zero attached hydrogens (tertiary/aromatic N) is 2. The van der Waals surface area contributed by atoms with Crippen molar-refractivity contribution in [1.82, 2.24) is 9.55 Å². The lowest BCUT2D eigenvalue weighted by Crippen LogP contribution is -2.31. The van der Waals surface area contributed by atoms with Crippen LogP contribution in [-0.2, 0) is 23.8 Å². The second-order valence-electron chi connectivity index (χ2n) is 7.02. The molecule has 0 aliphatic carbocycles. The van der Waals surface area contributed by atoms with E-state index in [1.54, 1.807) is 12.3 Å². The monoisotopic (exact) mass is 416 g/mol. The first-order chi connectivity index (χ1) is 14.4. The van der Waals surface area contributed by atoms with E-state index in [9.17, 15) is 14.4 Å². The Morgan fingerprint density at radius 3 is 2.83 bits per heavy atom. The number of hydrogen-bond acceptors (Lipinski definition) is 8. The number of esters is 2. The first-order valence-electron chi connectivity index (χ1n) is 9.85. The van der Waals surface area contributed by atoms with Gasteiger partial charge in [-0.1, -0.05) is 19.3 Å². The molecule has 3 rings (SSSR count). The molecule has 1 aliphatic rings. The molecule has 3 heterocycles. The zero-order valence-electron chi connectivity index (χ0n) is 17.2. The summed E-state index contributed by atoms with van der Waals surface area (Å²) in [5.74, 6) is 5.43. The van der Waals surface area contributed by atoms with E-state index < -0.39 is 36.1 Å². The third-order valence-corrected chi connectivity index (χ3v) is 4.56. The van der Waals surface area contributed by atoms with Crippen LogP contribution >= 0.6 is 0 Å². The van der Waals surface area contributed by atoms with E-state index in [0.717, 1.165) is 19.3 Å². The van der Waals surface area contributed by atoms with E-state index in [4.69, 9.17) is 18.6 Å². The van der Waals surface area contributed by atoms with E-state index in [1.165, 1.54) is 18.4 Å². The molecule has 1 fully saturated rings. The maximum absolute atomic E-state index is 12.5. The molecular formula is C21H24N2O7. The van der Waals surface area contributed by atoms with Crippen molar-refractivity contribution in [2.24, 2.45) is 0 Å². The molecule has 9 heteroatoms. The molecule has 3 atom stereocenters. The topological polar surface area (TPSA) is 110 Å². The molecule has 0 spiro atoms. The fourth-order valence-corrected chi connectivity index (χ4v) is 3.17. The van der Waals surface area contributed by atoms with Crippen LogP contribution in [0.3, 0.4) is 0 Å². The maximum Gasteiger partial charge on any atom is 0.353 e. The van der Waals surface area contributed by atoms with Gasteiger partial charge >= 0.3 is 17.6 Å². The largest absolute Gasteiger partial charge is 0.463 e. The van der Waals surface area contributed by atoms with Crippen molar-refractivity contribution in [1.29, 1.82) is 0 Å². The number of unbranched alkanes of at least 4 members (excludes halogenated alkanes) is 2. The minimum absolute atomic E-state index is 0.0859. The smallest absolute Gasteiger partial charge is 0.353 e. The maximum atomic E-state index is 12.5. The predicted molar refractivity (Wildman–Crippen MR) is 105 cm³/mol. The van der Waals surface area contributed by atoms with Crippen molar-refractivity contribution in [3.05, 3.63) is 28.5 Å². The van der Waals surface area contributed by atoms with Crippen molar-refractivity contribution < 1.29 is 28.2 Å². The van der Waals surface area contributed by atoms with Crippen LogP contribution in [0.5, 0.6) is 0 Å². The molecule has 0 N–H and O–H groups in total. The molecule has 9 nitrogen and oxygen atoms in total. The Morgan fingerprint density at radius 2 is 2.13 bits per heavy atom. The lowest BCUT2D eigenvalue weighted by atomic mass is 10.2. The number of ether oxygens (including phenoxy) is 3. The fraction of sp³-hybridized carbons (Fsp3) is 0.524. The van der Waals surface area contributed by atoms with Crippen LogP contribution in [-0.4, -0.2) is 40.3 Å². The van der Waals surface area contributed by atoms with Crippen LogP contribution in [0.4, 0.5) is 0 Å². The number of carbonyl (C=O) groups is 2. The number of rotatable bonds is 6. The van der Waals surface area contributed by atoms with Crippen LogP contribution in [0.25, 0.3) is 11.1 Å². The van der Waals surface area contributed by atoms with Crippen LogP contribution < -0.4 is 5.69 Å². The van der Waals surface area contributed by atoms with Crippen molar-refractivity contribution in [2.75, 3.05) is 6.61 Å². The standard InChI is InChI=1S/C21H24N2O7/c1-4-5-6-7-8-16-9-15-11-23(21(26)22-20(15)29-16)19-10-17(28-14(3)25)18(30-19)12-27-13(2)24/h9,11,17-19H,4-6,10,12H2,1-3H3/t17-,18+,19+/m0/s1. The Hall–Kier alpha value is -3.12. The van der Waals surface area contributed by atoms with Crippen molar-refractivity contribution >= 4 is 23.0 Å². The third kappa shape index (κ3) is 5.27. The highest BCUT2D eigenvalue weighted by Gasteiger charge is 2.39. The molecule has 0 radical (unpaired) electrons. The summed E-state index contributed by atoms with van der Waals surface area (Å²) in [5, 5.41) is 0.602. The van der Waals surface area contributed by atoms with E-state index in [0.29, 0.717) is 11.1 Å². The lowest BCUT2D eigenvalue weighted by Gasteiger charge is -2.17. The molecule has 160 valence electrons. The van der Waals surface area contributed by atoms with Gasteiger partial charge in [0, 0.05) is 39.0 Å². The van der Waals surface area contributed by atoms with Gasteiger partial charge in [0.25, 0.3) is 0 Å². The summed E-state index contributed by atoms with van der Waals surface area (Å²) in [4.78, 5) is 39.0. The third-order valence-electron chi connectivity index (χ3n) is 4.56. The van der Waals surface area contributed by atoms with Gasteiger partial charge in [0.05, 0.1) is 5.39 Å². The molecule has 0 aromatic carbocycles. The van der Waals surface area contributed by atoms with Crippen molar-refractivity contribution in [2.45, 2.75) is 64.9 Å². The van der Waals surface area contributed by atoms with Gasteiger partial charge in [0.2, 0.25) is 5.71 Å². The van der Waals surface area contributed by atoms with Gasteiger partial charge in [-0.05, 0) is 12.3 Å². The summed E-state index contributed by atoms with van der Waals surface area (Å²) in [6.07, 6.45) is 2.57. The van der Waals surface area contributed by atoms with Gasteiger partial charge in [-0.3, -0.25) is 14.2 Å². The second-order valence-corrected chi connectivity index (χ2v) is 7.02. The summed E-state index contributed by atoms with van der Waals surface area (Å²) in [6.45, 7) is 4.56. The average Bonchev–Trinajstić information content (AvgIpc) is 3.25. The Balaban J connectivity index is 1.82. The molecule has 1 aliphatic heterocycles. The number of hydrogen-bond donors (Lipinski definition) is 0. The van der Waals surface area contributed by atoms with Gasteiger partial charge in [0.15, 0.2) is 5.76 Å². The zero-order valence-corrected chi connectivity index (χ0v) is 17.2. The van der Waals surface area contributed by atoms with Crippen LogP contribution in [0.15, 0.2) is 21.5 Å². The Morgan fingerprint density at radius 1 is 1.33 bits per heavy atom. The number of fused-ring (bicyclic) bond motifs is 1. The van der Waals surface area contributed by atoms with E-state index >= 15 is 0 Å². The van der Waals surface area contributed by atoms with E-state index in [1.807, 2.05) is 0 Å². The summed E-state index contributed by atoms with van der Waals surface area (Å²) < 4.78 is 23.0. The SMILES string of the molecule is CCCCC#Cc1cc2cn([C@H]3C[C@H](OC(C)=O)[C@@H](COC(C)=O)O3)c(=O)nc2o1.